The first-order valence-electron chi connectivity index (χ1n) is 5.93. The van der Waals surface area contributed by atoms with E-state index in [2.05, 4.69) is 21.2 Å². The summed E-state index contributed by atoms with van der Waals surface area (Å²) in [6, 6.07) is 8.06. The Hall–Kier alpha value is -0.870. The van der Waals surface area contributed by atoms with Gasteiger partial charge < -0.3 is 11.1 Å². The summed E-state index contributed by atoms with van der Waals surface area (Å²) >= 11 is 3.38. The van der Waals surface area contributed by atoms with Crippen molar-refractivity contribution in [1.29, 1.82) is 0 Å². The first kappa shape index (κ1) is 14.2. The van der Waals surface area contributed by atoms with Gasteiger partial charge in [-0.2, -0.15) is 0 Å². The van der Waals surface area contributed by atoms with E-state index < -0.39 is 0 Å². The van der Waals surface area contributed by atoms with Crippen LogP contribution in [0.4, 0.5) is 0 Å². The summed E-state index contributed by atoms with van der Waals surface area (Å²) in [5, 5.41) is 2.90. The van der Waals surface area contributed by atoms with Crippen LogP contribution < -0.4 is 11.1 Å². The lowest BCUT2D eigenvalue weighted by molar-refractivity contribution is -0.121. The van der Waals surface area contributed by atoms with E-state index in [1.165, 1.54) is 5.56 Å². The number of halogens is 1. The maximum atomic E-state index is 11.5. The quantitative estimate of drug-likeness (QED) is 0.759. The van der Waals surface area contributed by atoms with Crippen LogP contribution in [0.25, 0.3) is 0 Å². The predicted octanol–water partition coefficient (Wildman–Crippen LogP) is 2.24. The SMILES string of the molecule is NCCCCNC(=O)CCc1ccc(Br)cc1. The van der Waals surface area contributed by atoms with Gasteiger partial charge >= 0.3 is 0 Å². The van der Waals surface area contributed by atoms with Crippen LogP contribution in [0.1, 0.15) is 24.8 Å². The number of nitrogens with one attached hydrogen (secondary N) is 1. The van der Waals surface area contributed by atoms with Gasteiger partial charge in [-0.05, 0) is 43.5 Å². The normalized spacial score (nSPS) is 10.2. The Labute approximate surface area is 111 Å². The van der Waals surface area contributed by atoms with Gasteiger partial charge in [0.25, 0.3) is 0 Å². The number of carbonyl (C=O) groups is 1. The van der Waals surface area contributed by atoms with Gasteiger partial charge in [0.05, 0.1) is 0 Å². The van der Waals surface area contributed by atoms with Crippen molar-refractivity contribution in [2.24, 2.45) is 5.73 Å². The van der Waals surface area contributed by atoms with Gasteiger partial charge in [0, 0.05) is 17.4 Å². The molecule has 1 aromatic rings. The summed E-state index contributed by atoms with van der Waals surface area (Å²) in [5.74, 6) is 0.116. The van der Waals surface area contributed by atoms with Crippen LogP contribution in [0.2, 0.25) is 0 Å². The number of hydrogen-bond donors (Lipinski definition) is 2. The molecular weight excluding hydrogens is 280 g/mol. The molecule has 0 radical (unpaired) electrons. The molecule has 94 valence electrons. The van der Waals surface area contributed by atoms with Crippen molar-refractivity contribution in [2.75, 3.05) is 13.1 Å². The van der Waals surface area contributed by atoms with Crippen molar-refractivity contribution < 1.29 is 4.79 Å². The zero-order valence-electron chi connectivity index (χ0n) is 9.92. The molecule has 0 spiro atoms. The number of unbranched alkanes of at least 4 members (excludes halogenated alkanes) is 1. The Bertz CT molecular complexity index is 338. The molecule has 4 heteroatoms. The fourth-order valence-corrected chi connectivity index (χ4v) is 1.76. The summed E-state index contributed by atoms with van der Waals surface area (Å²) < 4.78 is 1.06. The van der Waals surface area contributed by atoms with Gasteiger partial charge in [-0.3, -0.25) is 4.79 Å². The first-order valence-corrected chi connectivity index (χ1v) is 6.73. The van der Waals surface area contributed by atoms with E-state index in [0.717, 1.165) is 30.3 Å². The van der Waals surface area contributed by atoms with Crippen molar-refractivity contribution in [3.8, 4) is 0 Å². The van der Waals surface area contributed by atoms with E-state index >= 15 is 0 Å². The summed E-state index contributed by atoms with van der Waals surface area (Å²) in [6.45, 7) is 1.42. The zero-order chi connectivity index (χ0) is 12.5. The molecule has 0 saturated carbocycles. The van der Waals surface area contributed by atoms with Crippen molar-refractivity contribution >= 4 is 21.8 Å². The van der Waals surface area contributed by atoms with Gasteiger partial charge in [-0.15, -0.1) is 0 Å². The highest BCUT2D eigenvalue weighted by atomic mass is 79.9. The molecule has 1 amide bonds. The second kappa shape index (κ2) is 8.25. The molecule has 3 nitrogen and oxygen atoms in total. The maximum absolute atomic E-state index is 11.5. The molecule has 0 unspecified atom stereocenters. The molecule has 0 bridgehead atoms. The van der Waals surface area contributed by atoms with Crippen LogP contribution in [0, 0.1) is 0 Å². The molecular formula is C13H19BrN2O. The van der Waals surface area contributed by atoms with Gasteiger partial charge in [-0.1, -0.05) is 28.1 Å². The summed E-state index contributed by atoms with van der Waals surface area (Å²) in [4.78, 5) is 11.5. The highest BCUT2D eigenvalue weighted by Crippen LogP contribution is 2.11. The molecule has 3 N–H and O–H groups in total. The number of hydrogen-bond acceptors (Lipinski definition) is 2. The van der Waals surface area contributed by atoms with Crippen LogP contribution in [0.3, 0.4) is 0 Å². The van der Waals surface area contributed by atoms with Crippen molar-refractivity contribution in [1.82, 2.24) is 5.32 Å². The maximum Gasteiger partial charge on any atom is 0.220 e. The van der Waals surface area contributed by atoms with Crippen molar-refractivity contribution in [2.45, 2.75) is 25.7 Å². The molecule has 0 aromatic heterocycles. The first-order chi connectivity index (χ1) is 8.22. The van der Waals surface area contributed by atoms with E-state index in [9.17, 15) is 4.79 Å². The van der Waals surface area contributed by atoms with E-state index in [1.807, 2.05) is 24.3 Å². The molecule has 0 atom stereocenters. The smallest absolute Gasteiger partial charge is 0.220 e. The van der Waals surface area contributed by atoms with Gasteiger partial charge in [0.15, 0.2) is 0 Å². The Balaban J connectivity index is 2.17. The van der Waals surface area contributed by atoms with Gasteiger partial charge in [0.1, 0.15) is 0 Å². The predicted molar refractivity (Wildman–Crippen MR) is 73.8 cm³/mol. The fraction of sp³-hybridized carbons (Fsp3) is 0.462. The number of aryl methyl sites for hydroxylation is 1. The lowest BCUT2D eigenvalue weighted by Crippen LogP contribution is -2.25. The topological polar surface area (TPSA) is 55.1 Å². The van der Waals surface area contributed by atoms with Crippen LogP contribution in [-0.4, -0.2) is 19.0 Å². The monoisotopic (exact) mass is 298 g/mol. The number of amides is 1. The number of rotatable bonds is 7. The van der Waals surface area contributed by atoms with Crippen LogP contribution in [0.5, 0.6) is 0 Å². The molecule has 0 heterocycles. The molecule has 0 saturated heterocycles. The van der Waals surface area contributed by atoms with Crippen LogP contribution in [0.15, 0.2) is 28.7 Å². The Morgan fingerprint density at radius 2 is 1.94 bits per heavy atom. The number of nitrogens with two attached hydrogens (primary N) is 1. The number of benzene rings is 1. The Morgan fingerprint density at radius 3 is 2.59 bits per heavy atom. The average molecular weight is 299 g/mol. The van der Waals surface area contributed by atoms with Gasteiger partial charge in [0.2, 0.25) is 5.91 Å². The lowest BCUT2D eigenvalue weighted by atomic mass is 10.1. The van der Waals surface area contributed by atoms with E-state index in [-0.39, 0.29) is 5.91 Å². The number of carbonyl (C=O) groups excluding carboxylic acids is 1. The Kier molecular flexibility index (Phi) is 6.89. The fourth-order valence-electron chi connectivity index (χ4n) is 1.49. The molecule has 0 aliphatic carbocycles. The minimum absolute atomic E-state index is 0.116. The summed E-state index contributed by atoms with van der Waals surface area (Å²) in [5.41, 5.74) is 6.56. The van der Waals surface area contributed by atoms with Crippen molar-refractivity contribution in [3.05, 3.63) is 34.3 Å². The van der Waals surface area contributed by atoms with Crippen LogP contribution >= 0.6 is 15.9 Å². The molecule has 0 aliphatic rings. The third-order valence-electron chi connectivity index (χ3n) is 2.51. The van der Waals surface area contributed by atoms with E-state index in [0.29, 0.717) is 13.0 Å². The second-order valence-corrected chi connectivity index (χ2v) is 4.89. The molecule has 17 heavy (non-hydrogen) atoms. The van der Waals surface area contributed by atoms with E-state index in [1.54, 1.807) is 0 Å². The van der Waals surface area contributed by atoms with Gasteiger partial charge in [-0.25, -0.2) is 0 Å². The lowest BCUT2D eigenvalue weighted by Gasteiger charge is -2.04. The largest absolute Gasteiger partial charge is 0.356 e. The highest BCUT2D eigenvalue weighted by Gasteiger charge is 2.01. The van der Waals surface area contributed by atoms with E-state index in [4.69, 9.17) is 5.73 Å². The summed E-state index contributed by atoms with van der Waals surface area (Å²) in [6.07, 6.45) is 3.26. The second-order valence-electron chi connectivity index (χ2n) is 3.97. The van der Waals surface area contributed by atoms with Crippen LogP contribution in [-0.2, 0) is 11.2 Å². The summed E-state index contributed by atoms with van der Waals surface area (Å²) in [7, 11) is 0. The molecule has 1 aromatic carbocycles. The Morgan fingerprint density at radius 1 is 1.24 bits per heavy atom. The molecule has 0 aliphatic heterocycles. The zero-order valence-corrected chi connectivity index (χ0v) is 11.5. The highest BCUT2D eigenvalue weighted by molar-refractivity contribution is 9.10. The minimum Gasteiger partial charge on any atom is -0.356 e. The van der Waals surface area contributed by atoms with Crippen molar-refractivity contribution in [3.63, 3.8) is 0 Å². The standard InChI is InChI=1S/C13H19BrN2O/c14-12-6-3-11(4-7-12)5-8-13(17)16-10-2-1-9-15/h3-4,6-7H,1-2,5,8-10,15H2,(H,16,17). The third kappa shape index (κ3) is 6.44. The minimum atomic E-state index is 0.116. The third-order valence-corrected chi connectivity index (χ3v) is 3.04. The average Bonchev–Trinajstić information content (AvgIpc) is 2.34. The molecule has 0 fully saturated rings. The molecule has 1 rings (SSSR count).